The predicted molar refractivity (Wildman–Crippen MR) is 63.6 cm³/mol. The standard InChI is InChI=1S/C14H20O4.Y/c1-13(2)17-11-10(16)9-7-3-4-8(5-7)14(9,6-15)12(11)18-13;/h3-4,7-12,15-16H,5-6H2,1-2H3;/t7?,8?,9?,10-,11+,12+,14+;/m1./s1. The normalized spacial score (nSPS) is 56.0. The van der Waals surface area contributed by atoms with Gasteiger partial charge in [-0.3, -0.25) is 0 Å². The summed E-state index contributed by atoms with van der Waals surface area (Å²) in [5.41, 5.74) is -0.336. The monoisotopic (exact) mass is 341 g/mol. The van der Waals surface area contributed by atoms with E-state index in [2.05, 4.69) is 12.2 Å². The summed E-state index contributed by atoms with van der Waals surface area (Å²) in [6.07, 6.45) is 4.43. The van der Waals surface area contributed by atoms with Crippen LogP contribution in [0.3, 0.4) is 0 Å². The fraction of sp³-hybridized carbons (Fsp3) is 0.857. The molecule has 19 heavy (non-hydrogen) atoms. The van der Waals surface area contributed by atoms with Gasteiger partial charge >= 0.3 is 0 Å². The molecular weight excluding hydrogens is 321 g/mol. The van der Waals surface area contributed by atoms with Gasteiger partial charge in [-0.15, -0.1) is 0 Å². The molecular formula is C14H20O4Y. The van der Waals surface area contributed by atoms with Crippen molar-refractivity contribution in [2.45, 2.75) is 44.4 Å². The third-order valence-corrected chi connectivity index (χ3v) is 5.53. The summed E-state index contributed by atoms with van der Waals surface area (Å²) < 4.78 is 11.9. The van der Waals surface area contributed by atoms with E-state index in [1.807, 2.05) is 13.8 Å². The van der Waals surface area contributed by atoms with Crippen molar-refractivity contribution < 1.29 is 52.4 Å². The molecule has 1 radical (unpaired) electrons. The van der Waals surface area contributed by atoms with Crippen LogP contribution >= 0.6 is 0 Å². The van der Waals surface area contributed by atoms with Gasteiger partial charge in [0.25, 0.3) is 0 Å². The van der Waals surface area contributed by atoms with Gasteiger partial charge in [0.1, 0.15) is 6.10 Å². The number of fused-ring (bicyclic) bond motifs is 7. The Morgan fingerprint density at radius 2 is 2.00 bits per heavy atom. The van der Waals surface area contributed by atoms with Crippen molar-refractivity contribution in [2.24, 2.45) is 23.2 Å². The first-order valence-corrected chi connectivity index (χ1v) is 6.82. The van der Waals surface area contributed by atoms with E-state index in [0.29, 0.717) is 11.8 Å². The maximum atomic E-state index is 10.6. The second kappa shape index (κ2) is 4.34. The Balaban J connectivity index is 0.00000110. The van der Waals surface area contributed by atoms with Gasteiger partial charge < -0.3 is 19.7 Å². The minimum absolute atomic E-state index is 0. The molecule has 4 aliphatic rings. The number of hydrogen-bond donors (Lipinski definition) is 2. The summed E-state index contributed by atoms with van der Waals surface area (Å²) in [6, 6.07) is 0. The minimum Gasteiger partial charge on any atom is -0.396 e. The quantitative estimate of drug-likeness (QED) is 0.689. The SMILES string of the molecule is CC1(C)O[C@H]2[C@H](O)C3C4C=CC(C4)[C@]3(CO)[C@H]2O1.[Y]. The molecule has 1 aliphatic heterocycles. The molecule has 2 saturated carbocycles. The van der Waals surface area contributed by atoms with Crippen molar-refractivity contribution in [3.63, 3.8) is 0 Å². The molecule has 103 valence electrons. The van der Waals surface area contributed by atoms with Crippen LogP contribution in [-0.2, 0) is 42.2 Å². The fourth-order valence-corrected chi connectivity index (χ4v) is 4.98. The molecule has 4 nitrogen and oxygen atoms in total. The van der Waals surface area contributed by atoms with Crippen LogP contribution in [0, 0.1) is 23.2 Å². The number of rotatable bonds is 1. The molecule has 3 fully saturated rings. The van der Waals surface area contributed by atoms with Crippen LogP contribution in [-0.4, -0.2) is 40.9 Å². The molecule has 5 heteroatoms. The Hall–Kier alpha value is 0.684. The molecule has 0 aromatic rings. The zero-order valence-corrected chi connectivity index (χ0v) is 14.2. The molecule has 0 aromatic carbocycles. The van der Waals surface area contributed by atoms with Gasteiger partial charge in [0.05, 0.1) is 18.8 Å². The Bertz CT molecular complexity index is 424. The molecule has 2 N–H and O–H groups in total. The molecule has 1 saturated heterocycles. The molecule has 7 atom stereocenters. The van der Waals surface area contributed by atoms with Crippen molar-refractivity contribution >= 4 is 0 Å². The third-order valence-electron chi connectivity index (χ3n) is 5.53. The molecule has 4 rings (SSSR count). The second-order valence-electron chi connectivity index (χ2n) is 6.70. The number of aliphatic hydroxyl groups excluding tert-OH is 2. The van der Waals surface area contributed by atoms with Gasteiger partial charge in [0.2, 0.25) is 0 Å². The molecule has 0 amide bonds. The van der Waals surface area contributed by atoms with Crippen LogP contribution in [0.4, 0.5) is 0 Å². The maximum absolute atomic E-state index is 10.6. The van der Waals surface area contributed by atoms with Crippen LogP contribution in [0.5, 0.6) is 0 Å². The van der Waals surface area contributed by atoms with Crippen molar-refractivity contribution in [1.82, 2.24) is 0 Å². The smallest absolute Gasteiger partial charge is 0.163 e. The Labute approximate surface area is 138 Å². The molecule has 3 aliphatic carbocycles. The van der Waals surface area contributed by atoms with Crippen LogP contribution < -0.4 is 0 Å². The number of hydrogen-bond acceptors (Lipinski definition) is 4. The minimum atomic E-state index is -0.658. The summed E-state index contributed by atoms with van der Waals surface area (Å²) in [5.74, 6) is 0.121. The maximum Gasteiger partial charge on any atom is 0.163 e. The largest absolute Gasteiger partial charge is 0.396 e. The van der Waals surface area contributed by atoms with E-state index >= 15 is 0 Å². The first-order valence-electron chi connectivity index (χ1n) is 6.82. The Morgan fingerprint density at radius 1 is 1.26 bits per heavy atom. The fourth-order valence-electron chi connectivity index (χ4n) is 4.98. The van der Waals surface area contributed by atoms with Gasteiger partial charge in [-0.05, 0) is 32.1 Å². The summed E-state index contributed by atoms with van der Waals surface area (Å²) in [6.45, 7) is 3.82. The van der Waals surface area contributed by atoms with Crippen LogP contribution in [0.1, 0.15) is 20.3 Å². The topological polar surface area (TPSA) is 58.9 Å². The van der Waals surface area contributed by atoms with E-state index < -0.39 is 11.9 Å². The van der Waals surface area contributed by atoms with E-state index in [1.54, 1.807) is 0 Å². The van der Waals surface area contributed by atoms with E-state index in [0.717, 1.165) is 6.42 Å². The molecule has 1 heterocycles. The van der Waals surface area contributed by atoms with Crippen molar-refractivity contribution in [3.05, 3.63) is 12.2 Å². The van der Waals surface area contributed by atoms with Crippen molar-refractivity contribution in [2.75, 3.05) is 6.61 Å². The number of ether oxygens (including phenoxy) is 2. The van der Waals surface area contributed by atoms with Gasteiger partial charge in [0, 0.05) is 44.0 Å². The third kappa shape index (κ3) is 1.62. The molecule has 3 unspecified atom stereocenters. The zero-order chi connectivity index (χ0) is 12.7. The van der Waals surface area contributed by atoms with E-state index in [-0.39, 0.29) is 62.9 Å². The van der Waals surface area contributed by atoms with Gasteiger partial charge in [-0.1, -0.05) is 12.2 Å². The second-order valence-corrected chi connectivity index (χ2v) is 6.70. The Kier molecular flexibility index (Phi) is 3.34. The average molecular weight is 341 g/mol. The van der Waals surface area contributed by atoms with Crippen LogP contribution in [0.2, 0.25) is 0 Å². The summed E-state index contributed by atoms with van der Waals surface area (Å²) >= 11 is 0. The molecule has 0 spiro atoms. The summed E-state index contributed by atoms with van der Waals surface area (Å²) in [4.78, 5) is 0. The van der Waals surface area contributed by atoms with Gasteiger partial charge in [-0.25, -0.2) is 0 Å². The van der Waals surface area contributed by atoms with E-state index in [1.165, 1.54) is 0 Å². The predicted octanol–water partition coefficient (Wildman–Crippen LogP) is 0.679. The van der Waals surface area contributed by atoms with E-state index in [4.69, 9.17) is 9.47 Å². The van der Waals surface area contributed by atoms with Gasteiger partial charge in [0.15, 0.2) is 5.79 Å². The number of aliphatic hydroxyl groups is 2. The van der Waals surface area contributed by atoms with E-state index in [9.17, 15) is 10.2 Å². The first-order chi connectivity index (χ1) is 8.49. The van der Waals surface area contributed by atoms with Crippen LogP contribution in [0.15, 0.2) is 12.2 Å². The average Bonchev–Trinajstić information content (AvgIpc) is 3.00. The van der Waals surface area contributed by atoms with Crippen molar-refractivity contribution in [1.29, 1.82) is 0 Å². The Morgan fingerprint density at radius 3 is 2.68 bits per heavy atom. The first kappa shape index (κ1) is 14.6. The van der Waals surface area contributed by atoms with Crippen LogP contribution in [0.25, 0.3) is 0 Å². The molecule has 2 bridgehead atoms. The summed E-state index contributed by atoms with van der Waals surface area (Å²) in [5, 5.41) is 20.6. The molecule has 0 aromatic heterocycles. The summed E-state index contributed by atoms with van der Waals surface area (Å²) in [7, 11) is 0. The van der Waals surface area contributed by atoms with Crippen molar-refractivity contribution in [3.8, 4) is 0 Å². The number of allylic oxidation sites excluding steroid dienone is 2. The van der Waals surface area contributed by atoms with Gasteiger partial charge in [-0.2, -0.15) is 0 Å². The zero-order valence-electron chi connectivity index (χ0n) is 11.3.